The van der Waals surface area contributed by atoms with E-state index in [9.17, 15) is 18.0 Å². The lowest BCUT2D eigenvalue weighted by Gasteiger charge is -2.22. The van der Waals surface area contributed by atoms with Crippen molar-refractivity contribution in [3.05, 3.63) is 30.0 Å². The summed E-state index contributed by atoms with van der Waals surface area (Å²) in [5, 5.41) is 14.4. The minimum atomic E-state index is -5.08. The van der Waals surface area contributed by atoms with Crippen molar-refractivity contribution in [3.63, 3.8) is 0 Å². The first kappa shape index (κ1) is 21.5. The number of hydrogen-bond acceptors (Lipinski definition) is 4. The average molecular weight is 401 g/mol. The number of carboxylic acids is 1. The van der Waals surface area contributed by atoms with E-state index in [1.165, 1.54) is 0 Å². The number of nitrogens with one attached hydrogen (secondary N) is 3. The van der Waals surface area contributed by atoms with Crippen LogP contribution in [0.2, 0.25) is 0 Å². The Balaban J connectivity index is 0.000000345. The maximum absolute atomic E-state index is 12.4. The summed E-state index contributed by atoms with van der Waals surface area (Å²) < 4.78 is 37.0. The first-order valence-electron chi connectivity index (χ1n) is 8.66. The summed E-state index contributed by atoms with van der Waals surface area (Å²) in [4.78, 5) is 24.4. The molecule has 0 aliphatic carbocycles. The molecule has 154 valence electrons. The van der Waals surface area contributed by atoms with E-state index in [1.54, 1.807) is 13.3 Å². The van der Waals surface area contributed by atoms with Gasteiger partial charge in [0.25, 0.3) is 5.91 Å². The van der Waals surface area contributed by atoms with Crippen molar-refractivity contribution in [2.75, 3.05) is 26.7 Å². The first-order chi connectivity index (χ1) is 13.2. The predicted octanol–water partition coefficient (Wildman–Crippen LogP) is 2.54. The normalized spacial score (nSPS) is 14.9. The number of H-pyrrole nitrogens is 1. The van der Waals surface area contributed by atoms with E-state index in [-0.39, 0.29) is 5.91 Å². The van der Waals surface area contributed by atoms with E-state index in [1.807, 2.05) is 18.2 Å². The summed E-state index contributed by atoms with van der Waals surface area (Å²) in [5.74, 6) is -1.44. The van der Waals surface area contributed by atoms with Gasteiger partial charge in [-0.25, -0.2) is 4.79 Å². The minimum Gasteiger partial charge on any atom is -0.497 e. The lowest BCUT2D eigenvalue weighted by atomic mass is 9.98. The number of benzene rings is 1. The zero-order chi connectivity index (χ0) is 20.7. The van der Waals surface area contributed by atoms with Crippen LogP contribution in [-0.2, 0) is 4.79 Å². The molecule has 1 amide bonds. The predicted molar refractivity (Wildman–Crippen MR) is 96.5 cm³/mol. The van der Waals surface area contributed by atoms with Crippen LogP contribution in [0.25, 0.3) is 10.9 Å². The molecule has 0 unspecified atom stereocenters. The van der Waals surface area contributed by atoms with Gasteiger partial charge in [-0.3, -0.25) is 4.79 Å². The number of alkyl halides is 3. The van der Waals surface area contributed by atoms with Gasteiger partial charge in [0, 0.05) is 23.6 Å². The Labute approximate surface area is 159 Å². The molecule has 1 aliphatic heterocycles. The Morgan fingerprint density at radius 1 is 1.29 bits per heavy atom. The molecule has 1 aliphatic rings. The van der Waals surface area contributed by atoms with Gasteiger partial charge in [-0.15, -0.1) is 0 Å². The fourth-order valence-corrected chi connectivity index (χ4v) is 2.83. The van der Waals surface area contributed by atoms with Crippen LogP contribution in [-0.4, -0.2) is 54.9 Å². The molecule has 0 radical (unpaired) electrons. The fraction of sp³-hybridized carbons (Fsp3) is 0.444. The van der Waals surface area contributed by atoms with Gasteiger partial charge in [-0.1, -0.05) is 0 Å². The summed E-state index contributed by atoms with van der Waals surface area (Å²) >= 11 is 0. The number of halogens is 3. The summed E-state index contributed by atoms with van der Waals surface area (Å²) in [5.41, 5.74) is 1.63. The lowest BCUT2D eigenvalue weighted by molar-refractivity contribution is -0.192. The Hall–Kier alpha value is -2.75. The third-order valence-electron chi connectivity index (χ3n) is 4.39. The third kappa shape index (κ3) is 5.88. The van der Waals surface area contributed by atoms with Gasteiger partial charge in [0.05, 0.1) is 12.7 Å². The molecule has 1 aromatic carbocycles. The number of aromatic nitrogens is 1. The topological polar surface area (TPSA) is 103 Å². The maximum Gasteiger partial charge on any atom is 0.490 e. The Morgan fingerprint density at radius 3 is 2.50 bits per heavy atom. The second-order valence-corrected chi connectivity index (χ2v) is 6.32. The van der Waals surface area contributed by atoms with Gasteiger partial charge >= 0.3 is 12.1 Å². The molecule has 10 heteroatoms. The highest BCUT2D eigenvalue weighted by molar-refractivity contribution is 6.07. The van der Waals surface area contributed by atoms with Crippen LogP contribution in [0.3, 0.4) is 0 Å². The van der Waals surface area contributed by atoms with E-state index in [0.717, 1.165) is 49.1 Å². The zero-order valence-corrected chi connectivity index (χ0v) is 15.2. The van der Waals surface area contributed by atoms with E-state index in [4.69, 9.17) is 14.6 Å². The van der Waals surface area contributed by atoms with Crippen LogP contribution in [0, 0.1) is 5.92 Å². The maximum atomic E-state index is 12.4. The number of carbonyl (C=O) groups is 2. The van der Waals surface area contributed by atoms with Crippen LogP contribution in [0.1, 0.15) is 23.2 Å². The highest BCUT2D eigenvalue weighted by atomic mass is 19.4. The second kappa shape index (κ2) is 9.45. The van der Waals surface area contributed by atoms with Gasteiger partial charge in [0.1, 0.15) is 5.75 Å². The highest BCUT2D eigenvalue weighted by Gasteiger charge is 2.38. The number of rotatable bonds is 4. The summed E-state index contributed by atoms with van der Waals surface area (Å²) in [7, 11) is 1.63. The molecule has 4 N–H and O–H groups in total. The number of aliphatic carboxylic acids is 1. The fourth-order valence-electron chi connectivity index (χ4n) is 2.83. The van der Waals surface area contributed by atoms with E-state index in [2.05, 4.69) is 15.6 Å². The molecule has 28 heavy (non-hydrogen) atoms. The van der Waals surface area contributed by atoms with Gasteiger partial charge in [0.2, 0.25) is 0 Å². The van der Waals surface area contributed by atoms with E-state index in [0.29, 0.717) is 11.5 Å². The van der Waals surface area contributed by atoms with Crippen LogP contribution >= 0.6 is 0 Å². The average Bonchev–Trinajstić information content (AvgIpc) is 3.09. The molecule has 0 bridgehead atoms. The summed E-state index contributed by atoms with van der Waals surface area (Å²) in [6, 6.07) is 5.71. The largest absolute Gasteiger partial charge is 0.497 e. The van der Waals surface area contributed by atoms with Crippen molar-refractivity contribution in [2.24, 2.45) is 5.92 Å². The third-order valence-corrected chi connectivity index (χ3v) is 4.39. The van der Waals surface area contributed by atoms with E-state index >= 15 is 0 Å². The molecule has 0 atom stereocenters. The van der Waals surface area contributed by atoms with Gasteiger partial charge in [-0.05, 0) is 50.0 Å². The van der Waals surface area contributed by atoms with Crippen molar-refractivity contribution >= 4 is 22.8 Å². The summed E-state index contributed by atoms with van der Waals surface area (Å²) in [6.07, 6.45) is -1.06. The number of aromatic amines is 1. The molecular weight excluding hydrogens is 379 g/mol. The zero-order valence-electron chi connectivity index (χ0n) is 15.2. The van der Waals surface area contributed by atoms with Crippen LogP contribution < -0.4 is 15.4 Å². The van der Waals surface area contributed by atoms with Gasteiger partial charge in [0.15, 0.2) is 0 Å². The number of piperidine rings is 1. The smallest absolute Gasteiger partial charge is 0.490 e. The number of hydrogen-bond donors (Lipinski definition) is 4. The Morgan fingerprint density at radius 2 is 1.93 bits per heavy atom. The van der Waals surface area contributed by atoms with Crippen molar-refractivity contribution in [1.82, 2.24) is 15.6 Å². The van der Waals surface area contributed by atoms with Gasteiger partial charge in [-0.2, -0.15) is 13.2 Å². The molecule has 2 aromatic rings. The molecule has 1 saturated heterocycles. The van der Waals surface area contributed by atoms with Crippen LogP contribution in [0.5, 0.6) is 5.75 Å². The number of fused-ring (bicyclic) bond motifs is 1. The minimum absolute atomic E-state index is 0.0203. The molecule has 0 saturated carbocycles. The molecular formula is C18H22F3N3O4. The molecule has 0 spiro atoms. The Kier molecular flexibility index (Phi) is 7.27. The monoisotopic (exact) mass is 401 g/mol. The van der Waals surface area contributed by atoms with E-state index < -0.39 is 12.1 Å². The van der Waals surface area contributed by atoms with Gasteiger partial charge < -0.3 is 25.5 Å². The molecule has 1 fully saturated rings. The van der Waals surface area contributed by atoms with Crippen molar-refractivity contribution in [2.45, 2.75) is 19.0 Å². The molecule has 1 aromatic heterocycles. The van der Waals surface area contributed by atoms with Crippen molar-refractivity contribution in [3.8, 4) is 5.75 Å². The first-order valence-corrected chi connectivity index (χ1v) is 8.66. The number of carboxylic acid groups (broad SMARTS) is 1. The lowest BCUT2D eigenvalue weighted by Crippen LogP contribution is -2.35. The van der Waals surface area contributed by atoms with Crippen LogP contribution in [0.15, 0.2) is 24.4 Å². The molecule has 2 heterocycles. The number of amides is 1. The molecule has 3 rings (SSSR count). The second-order valence-electron chi connectivity index (χ2n) is 6.32. The highest BCUT2D eigenvalue weighted by Crippen LogP contribution is 2.23. The standard InChI is InChI=1S/C16H21N3O2.C2HF3O2/c1-21-12-2-3-15-13(8-12)14(10-18-15)16(20)19-9-11-4-6-17-7-5-11;3-2(4,5)1(6)7/h2-3,8,10-11,17-18H,4-7,9H2,1H3,(H,19,20);(H,6,7). The number of carbonyl (C=O) groups excluding carboxylic acids is 1. The van der Waals surface area contributed by atoms with Crippen molar-refractivity contribution in [1.29, 1.82) is 0 Å². The Bertz CT molecular complexity index is 814. The molecule has 7 nitrogen and oxygen atoms in total. The number of ether oxygens (including phenoxy) is 1. The SMILES string of the molecule is COc1ccc2[nH]cc(C(=O)NCC3CCNCC3)c2c1.O=C(O)C(F)(F)F. The summed E-state index contributed by atoms with van der Waals surface area (Å²) in [6.45, 7) is 2.84. The quantitative estimate of drug-likeness (QED) is 0.631. The van der Waals surface area contributed by atoms with Crippen molar-refractivity contribution < 1.29 is 32.6 Å². The van der Waals surface area contributed by atoms with Crippen LogP contribution in [0.4, 0.5) is 13.2 Å². The number of methoxy groups -OCH3 is 1.